The lowest BCUT2D eigenvalue weighted by atomic mass is 10.1. The Morgan fingerprint density at radius 3 is 2.80 bits per heavy atom. The predicted molar refractivity (Wildman–Crippen MR) is 92.0 cm³/mol. The minimum atomic E-state index is 0.0325. The van der Waals surface area contributed by atoms with E-state index < -0.39 is 0 Å². The molecule has 5 rings (SSSR count). The van der Waals surface area contributed by atoms with Gasteiger partial charge in [0.2, 0.25) is 0 Å². The first-order valence-corrected chi connectivity index (χ1v) is 8.89. The smallest absolute Gasteiger partial charge is 0.254 e. The number of furan rings is 1. The first-order valence-electron chi connectivity index (χ1n) is 8.89. The molecule has 1 aromatic carbocycles. The SMILES string of the molecule is C[C@@H]1C[C@@H]1c1ccc(CN(C(=O)c2ccc3n[nH]nc3c2)C2CC2)o1. The van der Waals surface area contributed by atoms with Crippen LogP contribution in [-0.2, 0) is 6.54 Å². The monoisotopic (exact) mass is 336 g/mol. The summed E-state index contributed by atoms with van der Waals surface area (Å²) in [5, 5.41) is 10.7. The molecule has 2 aromatic heterocycles. The van der Waals surface area contributed by atoms with Crippen LogP contribution in [0.1, 0.15) is 54.0 Å². The number of nitrogens with zero attached hydrogens (tertiary/aromatic N) is 3. The first kappa shape index (κ1) is 14.7. The molecule has 0 radical (unpaired) electrons. The minimum Gasteiger partial charge on any atom is -0.464 e. The highest BCUT2D eigenvalue weighted by Crippen LogP contribution is 2.47. The third-order valence-corrected chi connectivity index (χ3v) is 5.30. The van der Waals surface area contributed by atoms with Gasteiger partial charge in [0.05, 0.1) is 6.54 Å². The molecule has 6 heteroatoms. The minimum absolute atomic E-state index is 0.0325. The van der Waals surface area contributed by atoms with Gasteiger partial charge in [0.1, 0.15) is 22.6 Å². The second-order valence-electron chi connectivity index (χ2n) is 7.31. The van der Waals surface area contributed by atoms with Crippen LogP contribution in [0.5, 0.6) is 0 Å². The molecule has 1 amide bonds. The lowest BCUT2D eigenvalue weighted by molar-refractivity contribution is 0.0717. The van der Waals surface area contributed by atoms with Crippen LogP contribution in [0.2, 0.25) is 0 Å². The molecule has 0 bridgehead atoms. The summed E-state index contributed by atoms with van der Waals surface area (Å²) in [7, 11) is 0. The molecule has 0 spiro atoms. The van der Waals surface area contributed by atoms with Crippen LogP contribution in [0.3, 0.4) is 0 Å². The van der Waals surface area contributed by atoms with Crippen molar-refractivity contribution in [2.45, 2.75) is 44.7 Å². The Bertz CT molecular complexity index is 940. The van der Waals surface area contributed by atoms with Gasteiger partial charge in [-0.05, 0) is 55.5 Å². The molecule has 2 saturated carbocycles. The van der Waals surface area contributed by atoms with E-state index in [0.717, 1.165) is 29.9 Å². The van der Waals surface area contributed by atoms with Gasteiger partial charge < -0.3 is 9.32 Å². The number of aromatic amines is 1. The van der Waals surface area contributed by atoms with Gasteiger partial charge in [-0.1, -0.05) is 6.92 Å². The van der Waals surface area contributed by atoms with E-state index in [4.69, 9.17) is 4.42 Å². The fraction of sp³-hybridized carbons (Fsp3) is 0.421. The normalized spacial score (nSPS) is 22.3. The highest BCUT2D eigenvalue weighted by atomic mass is 16.3. The summed E-state index contributed by atoms with van der Waals surface area (Å²) < 4.78 is 6.01. The van der Waals surface area contributed by atoms with Gasteiger partial charge in [0.25, 0.3) is 5.91 Å². The molecule has 128 valence electrons. The fourth-order valence-corrected chi connectivity index (χ4v) is 3.46. The van der Waals surface area contributed by atoms with Crippen molar-refractivity contribution in [3.8, 4) is 0 Å². The highest BCUT2D eigenvalue weighted by molar-refractivity contribution is 5.97. The maximum absolute atomic E-state index is 13.0. The van der Waals surface area contributed by atoms with Crippen molar-refractivity contribution in [3.63, 3.8) is 0 Å². The van der Waals surface area contributed by atoms with Crippen LogP contribution in [-0.4, -0.2) is 32.3 Å². The summed E-state index contributed by atoms with van der Waals surface area (Å²) in [5.74, 6) is 3.25. The molecule has 2 fully saturated rings. The third kappa shape index (κ3) is 2.71. The number of amides is 1. The molecule has 3 aromatic rings. The molecule has 1 N–H and O–H groups in total. The van der Waals surface area contributed by atoms with Crippen LogP contribution in [0.4, 0.5) is 0 Å². The van der Waals surface area contributed by atoms with Crippen LogP contribution in [0, 0.1) is 5.92 Å². The average molecular weight is 336 g/mol. The second kappa shape index (κ2) is 5.44. The zero-order valence-electron chi connectivity index (χ0n) is 14.1. The number of benzene rings is 1. The molecule has 2 heterocycles. The van der Waals surface area contributed by atoms with Gasteiger partial charge in [-0.25, -0.2) is 0 Å². The van der Waals surface area contributed by atoms with Crippen molar-refractivity contribution < 1.29 is 9.21 Å². The maximum Gasteiger partial charge on any atom is 0.254 e. The highest BCUT2D eigenvalue weighted by Gasteiger charge is 2.37. The maximum atomic E-state index is 13.0. The number of carbonyl (C=O) groups is 1. The zero-order chi connectivity index (χ0) is 17.0. The summed E-state index contributed by atoms with van der Waals surface area (Å²) in [5.41, 5.74) is 2.13. The van der Waals surface area contributed by atoms with E-state index in [2.05, 4.69) is 28.4 Å². The van der Waals surface area contributed by atoms with Gasteiger partial charge >= 0.3 is 0 Å². The quantitative estimate of drug-likeness (QED) is 0.774. The lowest BCUT2D eigenvalue weighted by Crippen LogP contribution is -2.32. The van der Waals surface area contributed by atoms with Gasteiger partial charge in [0, 0.05) is 17.5 Å². The van der Waals surface area contributed by atoms with Crippen LogP contribution < -0.4 is 0 Å². The number of carbonyl (C=O) groups excluding carboxylic acids is 1. The Labute approximate surface area is 145 Å². The van der Waals surface area contributed by atoms with E-state index in [1.54, 1.807) is 6.07 Å². The van der Waals surface area contributed by atoms with E-state index >= 15 is 0 Å². The van der Waals surface area contributed by atoms with Gasteiger partial charge in [0.15, 0.2) is 0 Å². The van der Waals surface area contributed by atoms with Crippen molar-refractivity contribution in [2.75, 3.05) is 0 Å². The van der Waals surface area contributed by atoms with Crippen molar-refractivity contribution >= 4 is 16.9 Å². The van der Waals surface area contributed by atoms with Crippen molar-refractivity contribution in [2.24, 2.45) is 5.92 Å². The molecule has 2 atom stereocenters. The van der Waals surface area contributed by atoms with Crippen molar-refractivity contribution in [3.05, 3.63) is 47.4 Å². The van der Waals surface area contributed by atoms with Crippen molar-refractivity contribution in [1.29, 1.82) is 0 Å². The van der Waals surface area contributed by atoms with E-state index in [1.807, 2.05) is 23.1 Å². The van der Waals surface area contributed by atoms with E-state index in [0.29, 0.717) is 35.5 Å². The summed E-state index contributed by atoms with van der Waals surface area (Å²) in [6, 6.07) is 9.85. The molecule has 2 aliphatic carbocycles. The predicted octanol–water partition coefficient (Wildman–Crippen LogP) is 3.48. The molecule has 0 saturated heterocycles. The summed E-state index contributed by atoms with van der Waals surface area (Å²) in [6.45, 7) is 2.77. The number of rotatable bonds is 5. The molecule has 0 aliphatic heterocycles. The molecule has 25 heavy (non-hydrogen) atoms. The lowest BCUT2D eigenvalue weighted by Gasteiger charge is -2.21. The largest absolute Gasteiger partial charge is 0.464 e. The molecular weight excluding hydrogens is 316 g/mol. The average Bonchev–Trinajstić information content (AvgIpc) is 3.48. The Morgan fingerprint density at radius 1 is 1.24 bits per heavy atom. The summed E-state index contributed by atoms with van der Waals surface area (Å²) in [4.78, 5) is 15.0. The van der Waals surface area contributed by atoms with Crippen LogP contribution in [0.15, 0.2) is 34.7 Å². The molecule has 6 nitrogen and oxygen atoms in total. The van der Waals surface area contributed by atoms with E-state index in [-0.39, 0.29) is 5.91 Å². The van der Waals surface area contributed by atoms with Gasteiger partial charge in [-0.2, -0.15) is 15.4 Å². The number of H-pyrrole nitrogens is 1. The topological polar surface area (TPSA) is 75.0 Å². The number of hydrogen-bond acceptors (Lipinski definition) is 4. The van der Waals surface area contributed by atoms with Gasteiger partial charge in [-0.3, -0.25) is 4.79 Å². The number of fused-ring (bicyclic) bond motifs is 1. The standard InChI is InChI=1S/C19H20N4O2/c1-11-8-15(11)18-7-5-14(25-18)10-23(13-3-4-13)19(24)12-2-6-16-17(9-12)21-22-20-16/h2,5-7,9,11,13,15H,3-4,8,10H2,1H3,(H,20,21,22)/t11-,15+/m1/s1. The van der Waals surface area contributed by atoms with Crippen molar-refractivity contribution in [1.82, 2.24) is 20.3 Å². The van der Waals surface area contributed by atoms with Gasteiger partial charge in [-0.15, -0.1) is 0 Å². The first-order chi connectivity index (χ1) is 12.2. The Kier molecular flexibility index (Phi) is 3.20. The fourth-order valence-electron chi connectivity index (χ4n) is 3.46. The Hall–Kier alpha value is -2.63. The molecule has 2 aliphatic rings. The number of nitrogens with one attached hydrogen (secondary N) is 1. The molecular formula is C19H20N4O2. The Balaban J connectivity index is 1.38. The van der Waals surface area contributed by atoms with E-state index in [9.17, 15) is 4.79 Å². The zero-order valence-corrected chi connectivity index (χ0v) is 14.1. The molecule has 0 unspecified atom stereocenters. The van der Waals surface area contributed by atoms with Crippen LogP contribution in [0.25, 0.3) is 11.0 Å². The van der Waals surface area contributed by atoms with Crippen LogP contribution >= 0.6 is 0 Å². The number of hydrogen-bond donors (Lipinski definition) is 1. The summed E-state index contributed by atoms with van der Waals surface area (Å²) >= 11 is 0. The third-order valence-electron chi connectivity index (χ3n) is 5.30. The number of aromatic nitrogens is 3. The second-order valence-corrected chi connectivity index (χ2v) is 7.31. The summed E-state index contributed by atoms with van der Waals surface area (Å²) in [6.07, 6.45) is 3.33. The Morgan fingerprint density at radius 2 is 2.04 bits per heavy atom. The van der Waals surface area contributed by atoms with E-state index in [1.165, 1.54) is 6.42 Å².